The van der Waals surface area contributed by atoms with Crippen LogP contribution in [0.1, 0.15) is 11.4 Å². The van der Waals surface area contributed by atoms with Gasteiger partial charge in [0, 0.05) is 33.3 Å². The van der Waals surface area contributed by atoms with E-state index >= 15 is 0 Å². The summed E-state index contributed by atoms with van der Waals surface area (Å²) in [5.41, 5.74) is 8.59. The smallest absolute Gasteiger partial charge is 0.161 e. The minimum absolute atomic E-state index is 0.443. The molecule has 0 saturated heterocycles. The van der Waals surface area contributed by atoms with E-state index in [0.717, 1.165) is 22.8 Å². The van der Waals surface area contributed by atoms with Crippen LogP contribution >= 0.6 is 11.3 Å². The van der Waals surface area contributed by atoms with Gasteiger partial charge in [0.25, 0.3) is 0 Å². The molecule has 0 saturated carbocycles. The van der Waals surface area contributed by atoms with Crippen LogP contribution in [0, 0.1) is 6.92 Å². The summed E-state index contributed by atoms with van der Waals surface area (Å²) >= 11 is 1.72. The van der Waals surface area contributed by atoms with Gasteiger partial charge in [-0.2, -0.15) is 0 Å². The Kier molecular flexibility index (Phi) is 2.81. The van der Waals surface area contributed by atoms with E-state index in [-0.39, 0.29) is 0 Å². The Morgan fingerprint density at radius 2 is 2.06 bits per heavy atom. The molecule has 2 heterocycles. The molecule has 0 unspecified atom stereocenters. The summed E-state index contributed by atoms with van der Waals surface area (Å²) in [7, 11) is 0. The molecule has 0 spiro atoms. The van der Waals surface area contributed by atoms with Crippen LogP contribution in [0.15, 0.2) is 35.7 Å². The van der Waals surface area contributed by atoms with Crippen molar-refractivity contribution in [1.29, 1.82) is 0 Å². The lowest BCUT2D eigenvalue weighted by Crippen LogP contribution is -2.03. The van der Waals surface area contributed by atoms with Crippen molar-refractivity contribution in [3.05, 3.63) is 47.1 Å². The van der Waals surface area contributed by atoms with Crippen molar-refractivity contribution in [2.24, 2.45) is 5.73 Å². The molecular formula is C14H13N3S. The van der Waals surface area contributed by atoms with E-state index in [1.54, 1.807) is 11.3 Å². The molecule has 90 valence electrons. The molecule has 4 heteroatoms. The van der Waals surface area contributed by atoms with Crippen molar-refractivity contribution < 1.29 is 0 Å². The van der Waals surface area contributed by atoms with Crippen LogP contribution in [0.3, 0.4) is 0 Å². The van der Waals surface area contributed by atoms with Gasteiger partial charge in [-0.25, -0.2) is 9.97 Å². The number of aryl methyl sites for hydroxylation is 1. The number of rotatable bonds is 2. The van der Waals surface area contributed by atoms with Gasteiger partial charge in [0.1, 0.15) is 0 Å². The number of hydrogen-bond donors (Lipinski definition) is 1. The molecule has 18 heavy (non-hydrogen) atoms. The van der Waals surface area contributed by atoms with Gasteiger partial charge in [-0.3, -0.25) is 0 Å². The van der Waals surface area contributed by atoms with Gasteiger partial charge >= 0.3 is 0 Å². The highest BCUT2D eigenvalue weighted by molar-refractivity contribution is 7.17. The van der Waals surface area contributed by atoms with Crippen molar-refractivity contribution in [2.45, 2.75) is 13.5 Å². The number of nitrogens with zero attached hydrogens (tertiary/aromatic N) is 2. The molecule has 3 rings (SSSR count). The quantitative estimate of drug-likeness (QED) is 0.765. The first kappa shape index (κ1) is 11.3. The van der Waals surface area contributed by atoms with Gasteiger partial charge in [-0.1, -0.05) is 18.2 Å². The summed E-state index contributed by atoms with van der Waals surface area (Å²) in [5, 5.41) is 3.32. The number of hydrogen-bond acceptors (Lipinski definition) is 4. The van der Waals surface area contributed by atoms with Gasteiger partial charge in [-0.05, 0) is 19.1 Å². The fourth-order valence-electron chi connectivity index (χ4n) is 2.01. The predicted molar refractivity (Wildman–Crippen MR) is 75.5 cm³/mol. The standard InChI is InChI=1S/C14H13N3S/c1-9-6-10(7-15)17-14(16-9)12-8-18-13-5-3-2-4-11(12)13/h2-6,8H,7,15H2,1H3. The van der Waals surface area contributed by atoms with Crippen LogP contribution < -0.4 is 5.73 Å². The van der Waals surface area contributed by atoms with Crippen LogP contribution in [0.25, 0.3) is 21.5 Å². The summed E-state index contributed by atoms with van der Waals surface area (Å²) in [6.45, 7) is 2.41. The summed E-state index contributed by atoms with van der Waals surface area (Å²) in [6, 6.07) is 10.2. The highest BCUT2D eigenvalue weighted by Gasteiger charge is 2.09. The van der Waals surface area contributed by atoms with E-state index in [1.165, 1.54) is 10.1 Å². The van der Waals surface area contributed by atoms with Gasteiger partial charge in [0.2, 0.25) is 0 Å². The van der Waals surface area contributed by atoms with Gasteiger partial charge in [0.05, 0.1) is 5.69 Å². The molecule has 0 aliphatic carbocycles. The van der Waals surface area contributed by atoms with Crippen LogP contribution in [0.2, 0.25) is 0 Å². The number of benzene rings is 1. The zero-order valence-electron chi connectivity index (χ0n) is 10.1. The Balaban J connectivity index is 2.22. The summed E-state index contributed by atoms with van der Waals surface area (Å²) in [4.78, 5) is 9.03. The first-order chi connectivity index (χ1) is 8.78. The van der Waals surface area contributed by atoms with E-state index in [9.17, 15) is 0 Å². The Morgan fingerprint density at radius 3 is 2.89 bits per heavy atom. The Hall–Kier alpha value is -1.78. The van der Waals surface area contributed by atoms with Crippen molar-refractivity contribution in [3.8, 4) is 11.4 Å². The SMILES string of the molecule is Cc1cc(CN)nc(-c2csc3ccccc23)n1. The Morgan fingerprint density at radius 1 is 1.22 bits per heavy atom. The third-order valence-corrected chi connectivity index (χ3v) is 3.80. The largest absolute Gasteiger partial charge is 0.325 e. The van der Waals surface area contributed by atoms with Crippen LogP contribution in [0.4, 0.5) is 0 Å². The predicted octanol–water partition coefficient (Wildman–Crippen LogP) is 3.13. The van der Waals surface area contributed by atoms with Gasteiger partial charge < -0.3 is 5.73 Å². The van der Waals surface area contributed by atoms with Crippen LogP contribution in [0.5, 0.6) is 0 Å². The molecule has 0 amide bonds. The summed E-state index contributed by atoms with van der Waals surface area (Å²) in [6.07, 6.45) is 0. The zero-order valence-corrected chi connectivity index (χ0v) is 10.9. The average Bonchev–Trinajstić information content (AvgIpc) is 2.81. The molecule has 0 atom stereocenters. The maximum Gasteiger partial charge on any atom is 0.161 e. The number of nitrogens with two attached hydrogens (primary N) is 1. The highest BCUT2D eigenvalue weighted by atomic mass is 32.1. The fourth-order valence-corrected chi connectivity index (χ4v) is 2.95. The number of fused-ring (bicyclic) bond motifs is 1. The fraction of sp³-hybridized carbons (Fsp3) is 0.143. The second-order valence-corrected chi connectivity index (χ2v) is 5.09. The van der Waals surface area contributed by atoms with Crippen molar-refractivity contribution in [3.63, 3.8) is 0 Å². The lowest BCUT2D eigenvalue weighted by Gasteiger charge is -2.03. The third-order valence-electron chi connectivity index (χ3n) is 2.84. The highest BCUT2D eigenvalue weighted by Crippen LogP contribution is 2.31. The zero-order chi connectivity index (χ0) is 12.5. The minimum Gasteiger partial charge on any atom is -0.325 e. The molecule has 1 aromatic carbocycles. The molecule has 0 radical (unpaired) electrons. The molecule has 0 aliphatic heterocycles. The molecule has 0 aliphatic rings. The molecule has 3 aromatic rings. The molecular weight excluding hydrogens is 242 g/mol. The lowest BCUT2D eigenvalue weighted by atomic mass is 10.1. The first-order valence-electron chi connectivity index (χ1n) is 5.79. The maximum absolute atomic E-state index is 5.67. The maximum atomic E-state index is 5.67. The summed E-state index contributed by atoms with van der Waals surface area (Å²) < 4.78 is 1.26. The monoisotopic (exact) mass is 255 g/mol. The van der Waals surface area contributed by atoms with Gasteiger partial charge in [0.15, 0.2) is 5.82 Å². The topological polar surface area (TPSA) is 51.8 Å². The second-order valence-electron chi connectivity index (χ2n) is 4.17. The van der Waals surface area contributed by atoms with E-state index in [1.807, 2.05) is 25.1 Å². The van der Waals surface area contributed by atoms with E-state index in [0.29, 0.717) is 6.54 Å². The Labute approximate surface area is 109 Å². The minimum atomic E-state index is 0.443. The normalized spacial score (nSPS) is 11.0. The van der Waals surface area contributed by atoms with Gasteiger partial charge in [-0.15, -0.1) is 11.3 Å². The number of aromatic nitrogens is 2. The molecule has 2 aromatic heterocycles. The Bertz CT molecular complexity index is 703. The lowest BCUT2D eigenvalue weighted by molar-refractivity contribution is 0.955. The van der Waals surface area contributed by atoms with E-state index < -0.39 is 0 Å². The first-order valence-corrected chi connectivity index (χ1v) is 6.67. The average molecular weight is 255 g/mol. The van der Waals surface area contributed by atoms with Crippen molar-refractivity contribution in [2.75, 3.05) is 0 Å². The van der Waals surface area contributed by atoms with Crippen LogP contribution in [-0.4, -0.2) is 9.97 Å². The van der Waals surface area contributed by atoms with E-state index in [2.05, 4.69) is 27.5 Å². The number of thiophene rings is 1. The van der Waals surface area contributed by atoms with E-state index in [4.69, 9.17) is 5.73 Å². The molecule has 2 N–H and O–H groups in total. The molecule has 0 bridgehead atoms. The molecule has 3 nitrogen and oxygen atoms in total. The summed E-state index contributed by atoms with van der Waals surface area (Å²) in [5.74, 6) is 0.771. The van der Waals surface area contributed by atoms with Crippen LogP contribution in [-0.2, 0) is 6.54 Å². The van der Waals surface area contributed by atoms with Crippen molar-refractivity contribution >= 4 is 21.4 Å². The second kappa shape index (κ2) is 4.48. The van der Waals surface area contributed by atoms with Crippen molar-refractivity contribution in [1.82, 2.24) is 9.97 Å². The molecule has 0 fully saturated rings. The third kappa shape index (κ3) is 1.89.